The Morgan fingerprint density at radius 2 is 1.46 bits per heavy atom. The van der Waals surface area contributed by atoms with Crippen molar-refractivity contribution in [1.29, 1.82) is 0 Å². The molecule has 0 fully saturated rings. The first kappa shape index (κ1) is 30.5. The van der Waals surface area contributed by atoms with E-state index >= 15 is 0 Å². The van der Waals surface area contributed by atoms with E-state index in [0.29, 0.717) is 6.42 Å². The number of nitrogens with one attached hydrogen (secondary N) is 1. The van der Waals surface area contributed by atoms with Crippen molar-refractivity contribution in [1.82, 2.24) is 5.32 Å². The van der Waals surface area contributed by atoms with E-state index in [4.69, 9.17) is 0 Å². The number of aliphatic carboxylic acids is 1. The number of Topliss-reactive ketones (excluding diaryl/α,β-unsaturated/α-hetero) is 2. The first-order valence-corrected chi connectivity index (χ1v) is 13.3. The smallest absolute Gasteiger partial charge is 0.306 e. The highest BCUT2D eigenvalue weighted by Gasteiger charge is 2.30. The van der Waals surface area contributed by atoms with Crippen LogP contribution >= 0.6 is 0 Å². The lowest BCUT2D eigenvalue weighted by atomic mass is 9.87. The Morgan fingerprint density at radius 1 is 0.857 bits per heavy atom. The van der Waals surface area contributed by atoms with E-state index in [-0.39, 0.29) is 42.7 Å². The molecule has 3 atom stereocenters. The molecule has 1 amide bonds. The second kappa shape index (κ2) is 17.0. The molecule has 35 heavy (non-hydrogen) atoms. The van der Waals surface area contributed by atoms with Crippen molar-refractivity contribution in [3.63, 3.8) is 0 Å². The Hall–Kier alpha value is -2.50. The molecule has 0 saturated heterocycles. The van der Waals surface area contributed by atoms with Gasteiger partial charge in [-0.2, -0.15) is 0 Å². The minimum Gasteiger partial charge on any atom is -0.481 e. The molecule has 1 aromatic carbocycles. The minimum atomic E-state index is -1.04. The monoisotopic (exact) mass is 487 g/mol. The number of ketones is 2. The van der Waals surface area contributed by atoms with Gasteiger partial charge < -0.3 is 10.4 Å². The largest absolute Gasteiger partial charge is 0.481 e. The molecule has 0 heterocycles. The highest BCUT2D eigenvalue weighted by atomic mass is 16.4. The lowest BCUT2D eigenvalue weighted by molar-refractivity contribution is -0.143. The fourth-order valence-corrected chi connectivity index (χ4v) is 4.16. The Labute approximate surface area is 211 Å². The van der Waals surface area contributed by atoms with Crippen molar-refractivity contribution in [3.8, 4) is 0 Å². The maximum Gasteiger partial charge on any atom is 0.306 e. The average Bonchev–Trinajstić information content (AvgIpc) is 2.81. The molecule has 0 unspecified atom stereocenters. The molecule has 1 rings (SSSR count). The van der Waals surface area contributed by atoms with Crippen LogP contribution in [0.5, 0.6) is 0 Å². The van der Waals surface area contributed by atoms with E-state index in [1.165, 1.54) is 32.6 Å². The van der Waals surface area contributed by atoms with Crippen molar-refractivity contribution >= 4 is 23.4 Å². The summed E-state index contributed by atoms with van der Waals surface area (Å²) in [6.07, 6.45) is 8.71. The number of carboxylic acid groups (broad SMARTS) is 1. The summed E-state index contributed by atoms with van der Waals surface area (Å²) in [6, 6.07) is 8.51. The second-order valence-corrected chi connectivity index (χ2v) is 10.1. The maximum absolute atomic E-state index is 13.2. The summed E-state index contributed by atoms with van der Waals surface area (Å²) in [6.45, 7) is 7.49. The van der Waals surface area contributed by atoms with E-state index in [2.05, 4.69) is 12.2 Å². The molecule has 0 aromatic heterocycles. The number of rotatable bonds is 19. The predicted octanol–water partition coefficient (Wildman–Crippen LogP) is 5.77. The van der Waals surface area contributed by atoms with Gasteiger partial charge >= 0.3 is 5.97 Å². The van der Waals surface area contributed by atoms with E-state index in [9.17, 15) is 24.3 Å². The summed E-state index contributed by atoms with van der Waals surface area (Å²) in [5.74, 6) is -2.99. The molecule has 0 radical (unpaired) electrons. The topological polar surface area (TPSA) is 101 Å². The van der Waals surface area contributed by atoms with Gasteiger partial charge in [-0.3, -0.25) is 19.2 Å². The van der Waals surface area contributed by atoms with Gasteiger partial charge in [0.15, 0.2) is 5.78 Å². The van der Waals surface area contributed by atoms with Crippen LogP contribution in [0, 0.1) is 17.8 Å². The third kappa shape index (κ3) is 12.7. The summed E-state index contributed by atoms with van der Waals surface area (Å²) in [7, 11) is 0. The third-order valence-electron chi connectivity index (χ3n) is 6.57. The predicted molar refractivity (Wildman–Crippen MR) is 139 cm³/mol. The van der Waals surface area contributed by atoms with Gasteiger partial charge in [-0.25, -0.2) is 0 Å². The summed E-state index contributed by atoms with van der Waals surface area (Å²) in [5.41, 5.74) is 0.880. The average molecular weight is 488 g/mol. The van der Waals surface area contributed by atoms with Gasteiger partial charge in [0.25, 0.3) is 0 Å². The van der Waals surface area contributed by atoms with Crippen LogP contribution in [0.3, 0.4) is 0 Å². The third-order valence-corrected chi connectivity index (χ3v) is 6.57. The van der Waals surface area contributed by atoms with E-state index in [1.54, 1.807) is 0 Å². The van der Waals surface area contributed by atoms with Gasteiger partial charge in [-0.05, 0) is 24.3 Å². The highest BCUT2D eigenvalue weighted by molar-refractivity contribution is 5.93. The highest BCUT2D eigenvalue weighted by Crippen LogP contribution is 2.20. The maximum atomic E-state index is 13.2. The lowest BCUT2D eigenvalue weighted by Crippen LogP contribution is -2.47. The van der Waals surface area contributed by atoms with Crippen molar-refractivity contribution in [2.45, 2.75) is 104 Å². The van der Waals surface area contributed by atoms with E-state index in [1.807, 2.05) is 44.2 Å². The number of hydrogen-bond donors (Lipinski definition) is 2. The zero-order valence-electron chi connectivity index (χ0n) is 22.1. The summed E-state index contributed by atoms with van der Waals surface area (Å²) in [5, 5.41) is 12.1. The molecule has 0 aliphatic carbocycles. The fraction of sp³-hybridized carbons (Fsp3) is 0.655. The van der Waals surface area contributed by atoms with Crippen LogP contribution in [0.15, 0.2) is 30.3 Å². The van der Waals surface area contributed by atoms with Crippen molar-refractivity contribution in [2.75, 3.05) is 0 Å². The van der Waals surface area contributed by atoms with Gasteiger partial charge in [-0.15, -0.1) is 0 Å². The van der Waals surface area contributed by atoms with E-state index in [0.717, 1.165) is 24.8 Å². The molecule has 6 heteroatoms. The molecular weight excluding hydrogens is 442 g/mol. The Morgan fingerprint density at radius 3 is 2.03 bits per heavy atom. The van der Waals surface area contributed by atoms with Crippen LogP contribution in [0.4, 0.5) is 0 Å². The zero-order valence-corrected chi connectivity index (χ0v) is 22.1. The van der Waals surface area contributed by atoms with Gasteiger partial charge in [0.1, 0.15) is 5.78 Å². The summed E-state index contributed by atoms with van der Waals surface area (Å²) >= 11 is 0. The Bertz CT molecular complexity index is 790. The van der Waals surface area contributed by atoms with Crippen LogP contribution in [-0.4, -0.2) is 34.6 Å². The molecule has 2 N–H and O–H groups in total. The van der Waals surface area contributed by atoms with Gasteiger partial charge in [0.05, 0.1) is 12.0 Å². The van der Waals surface area contributed by atoms with Crippen LogP contribution in [0.25, 0.3) is 0 Å². The van der Waals surface area contributed by atoms with Crippen LogP contribution in [0.1, 0.15) is 97.5 Å². The van der Waals surface area contributed by atoms with E-state index < -0.39 is 23.8 Å². The summed E-state index contributed by atoms with van der Waals surface area (Å²) in [4.78, 5) is 50.0. The molecule has 0 bridgehead atoms. The quantitative estimate of drug-likeness (QED) is 0.241. The van der Waals surface area contributed by atoms with Gasteiger partial charge in [0, 0.05) is 25.2 Å². The Balaban J connectivity index is 2.74. The molecule has 0 aliphatic heterocycles. The SMILES string of the molecule is CCCCCCCCCC(=O)C[C@H](C(=O)N[C@@H](Cc1ccccc1)C(=O)C[C@@H](C)C(=O)O)C(C)C. The molecule has 0 spiro atoms. The molecular formula is C29H45NO5. The van der Waals surface area contributed by atoms with Crippen LogP contribution in [-0.2, 0) is 25.6 Å². The van der Waals surface area contributed by atoms with Crippen molar-refractivity contribution in [2.24, 2.45) is 17.8 Å². The summed E-state index contributed by atoms with van der Waals surface area (Å²) < 4.78 is 0. The molecule has 196 valence electrons. The number of carboxylic acids is 1. The number of hydrogen-bond acceptors (Lipinski definition) is 4. The second-order valence-electron chi connectivity index (χ2n) is 10.1. The molecule has 6 nitrogen and oxygen atoms in total. The van der Waals surface area contributed by atoms with Gasteiger partial charge in [-0.1, -0.05) is 96.6 Å². The number of carbonyl (C=O) groups excluding carboxylic acids is 3. The van der Waals surface area contributed by atoms with Gasteiger partial charge in [0.2, 0.25) is 5.91 Å². The van der Waals surface area contributed by atoms with Crippen LogP contribution in [0.2, 0.25) is 0 Å². The molecule has 0 aliphatic rings. The minimum absolute atomic E-state index is 0.0570. The van der Waals surface area contributed by atoms with Crippen LogP contribution < -0.4 is 5.32 Å². The standard InChI is InChI=1S/C29H45NO5/c1-5-6-7-8-9-10-14-17-24(31)20-25(21(2)3)28(33)30-26(19-23-15-12-11-13-16-23)27(32)18-22(4)29(34)35/h11-13,15-16,21-22,25-26H,5-10,14,17-20H2,1-4H3,(H,30,33)(H,34,35)/t22-,25+,26+/m1/s1. The lowest BCUT2D eigenvalue weighted by Gasteiger charge is -2.24. The molecule has 1 aromatic rings. The number of amides is 1. The number of unbranched alkanes of at least 4 members (excludes halogenated alkanes) is 6. The normalized spacial score (nSPS) is 13.7. The fourth-order valence-electron chi connectivity index (χ4n) is 4.16. The first-order valence-electron chi connectivity index (χ1n) is 13.3. The van der Waals surface area contributed by atoms with Crippen molar-refractivity contribution < 1.29 is 24.3 Å². The number of carbonyl (C=O) groups is 4. The van der Waals surface area contributed by atoms with Crippen molar-refractivity contribution in [3.05, 3.63) is 35.9 Å². The first-order chi connectivity index (χ1) is 16.6. The number of benzene rings is 1. The molecule has 0 saturated carbocycles. The Kier molecular flexibility index (Phi) is 14.8. The zero-order chi connectivity index (χ0) is 26.2.